The van der Waals surface area contributed by atoms with Crippen LogP contribution in [0.4, 0.5) is 4.79 Å². The topological polar surface area (TPSA) is 78.4 Å². The van der Waals surface area contributed by atoms with Gasteiger partial charge >= 0.3 is 12.0 Å². The lowest BCUT2D eigenvalue weighted by Crippen LogP contribution is -2.65. The van der Waals surface area contributed by atoms with Crippen molar-refractivity contribution in [3.05, 3.63) is 0 Å². The fourth-order valence-corrected chi connectivity index (χ4v) is 3.18. The molecular weight excluding hydrogens is 268 g/mol. The number of rotatable bonds is 4. The summed E-state index contributed by atoms with van der Waals surface area (Å²) in [5, 5.41) is 15.3. The van der Waals surface area contributed by atoms with Crippen LogP contribution in [-0.2, 0) is 4.79 Å². The molecule has 0 aromatic heterocycles. The minimum Gasteiger partial charge on any atom is -0.479 e. The first-order chi connectivity index (χ1) is 9.59. The summed E-state index contributed by atoms with van der Waals surface area (Å²) in [6.45, 7) is 10.7. The Bertz CT molecular complexity index is 377. The predicted octanol–water partition coefficient (Wildman–Crippen LogP) is 3.00. The molecule has 1 fully saturated rings. The highest BCUT2D eigenvalue weighted by Gasteiger charge is 2.51. The van der Waals surface area contributed by atoms with Crippen molar-refractivity contribution in [3.8, 4) is 0 Å². The quantitative estimate of drug-likeness (QED) is 0.746. The van der Waals surface area contributed by atoms with Gasteiger partial charge in [-0.1, -0.05) is 41.0 Å². The van der Waals surface area contributed by atoms with Crippen molar-refractivity contribution >= 4 is 12.0 Å². The monoisotopic (exact) mass is 298 g/mol. The second-order valence-electron chi connectivity index (χ2n) is 7.60. The highest BCUT2D eigenvalue weighted by atomic mass is 16.4. The molecule has 1 saturated carbocycles. The van der Waals surface area contributed by atoms with Crippen LogP contribution >= 0.6 is 0 Å². The molecule has 1 aliphatic carbocycles. The zero-order valence-corrected chi connectivity index (χ0v) is 14.0. The summed E-state index contributed by atoms with van der Waals surface area (Å²) >= 11 is 0. The third-order valence-corrected chi connectivity index (χ3v) is 4.66. The van der Waals surface area contributed by atoms with E-state index in [0.29, 0.717) is 6.54 Å². The van der Waals surface area contributed by atoms with Crippen molar-refractivity contribution < 1.29 is 14.7 Å². The van der Waals surface area contributed by atoms with Crippen molar-refractivity contribution in [2.75, 3.05) is 6.54 Å². The Morgan fingerprint density at radius 3 is 2.14 bits per heavy atom. The van der Waals surface area contributed by atoms with Gasteiger partial charge in [0, 0.05) is 6.54 Å². The number of urea groups is 1. The Balaban J connectivity index is 2.70. The van der Waals surface area contributed by atoms with E-state index in [9.17, 15) is 14.7 Å². The fourth-order valence-electron chi connectivity index (χ4n) is 3.18. The van der Waals surface area contributed by atoms with E-state index in [1.54, 1.807) is 0 Å². The molecule has 122 valence electrons. The smallest absolute Gasteiger partial charge is 0.330 e. The first-order valence-electron chi connectivity index (χ1n) is 7.89. The van der Waals surface area contributed by atoms with Crippen LogP contribution in [0.25, 0.3) is 0 Å². The molecule has 1 rings (SSSR count). The molecule has 0 saturated heterocycles. The van der Waals surface area contributed by atoms with Crippen LogP contribution in [-0.4, -0.2) is 29.2 Å². The molecule has 2 unspecified atom stereocenters. The molecule has 5 nitrogen and oxygen atoms in total. The van der Waals surface area contributed by atoms with Crippen LogP contribution in [0.1, 0.15) is 60.3 Å². The summed E-state index contributed by atoms with van der Waals surface area (Å²) in [6.07, 6.45) is 3.54. The second kappa shape index (κ2) is 6.67. The Labute approximate surface area is 127 Å². The summed E-state index contributed by atoms with van der Waals surface area (Å²) in [5.74, 6) is -1.05. The van der Waals surface area contributed by atoms with Gasteiger partial charge in [0.15, 0.2) is 0 Å². The van der Waals surface area contributed by atoms with Crippen molar-refractivity contribution in [1.82, 2.24) is 10.6 Å². The summed E-state index contributed by atoms with van der Waals surface area (Å²) in [5.41, 5.74) is -1.01. The third-order valence-electron chi connectivity index (χ3n) is 4.66. The molecule has 0 spiro atoms. The molecule has 3 N–H and O–H groups in total. The minimum absolute atomic E-state index is 0.0629. The predicted molar refractivity (Wildman–Crippen MR) is 83.2 cm³/mol. The van der Waals surface area contributed by atoms with Crippen molar-refractivity contribution in [2.45, 2.75) is 65.8 Å². The Hall–Kier alpha value is -1.26. The lowest BCUT2D eigenvalue weighted by Gasteiger charge is -2.44. The maximum absolute atomic E-state index is 12.1. The van der Waals surface area contributed by atoms with E-state index < -0.39 is 11.5 Å². The number of aliphatic carboxylic acids is 1. The number of carbonyl (C=O) groups is 2. The molecule has 0 aromatic rings. The van der Waals surface area contributed by atoms with E-state index in [4.69, 9.17) is 0 Å². The molecule has 0 bridgehead atoms. The van der Waals surface area contributed by atoms with Crippen LogP contribution < -0.4 is 10.6 Å². The summed E-state index contributed by atoms with van der Waals surface area (Å²) in [4.78, 5) is 23.9. The normalized spacial score (nSPS) is 29.8. The van der Waals surface area contributed by atoms with Crippen molar-refractivity contribution in [2.24, 2.45) is 17.3 Å². The highest BCUT2D eigenvalue weighted by molar-refractivity contribution is 5.87. The number of amides is 2. The molecular formula is C16H30N2O3. The van der Waals surface area contributed by atoms with E-state index in [1.165, 1.54) is 0 Å². The first-order valence-corrected chi connectivity index (χ1v) is 7.89. The zero-order valence-electron chi connectivity index (χ0n) is 14.0. The number of carboxylic acid groups (broad SMARTS) is 1. The van der Waals surface area contributed by atoms with Crippen molar-refractivity contribution in [3.63, 3.8) is 0 Å². The largest absolute Gasteiger partial charge is 0.479 e. The van der Waals surface area contributed by atoms with Gasteiger partial charge in [0.05, 0.1) is 0 Å². The highest BCUT2D eigenvalue weighted by Crippen LogP contribution is 2.38. The van der Waals surface area contributed by atoms with Crippen LogP contribution in [0, 0.1) is 17.3 Å². The SMILES string of the molecule is CC1CCCC(C)C1(NC(=O)NCCC(C)(C)C)C(=O)O. The lowest BCUT2D eigenvalue weighted by atomic mass is 9.67. The summed E-state index contributed by atoms with van der Waals surface area (Å²) < 4.78 is 0. The molecule has 2 atom stereocenters. The van der Waals surface area contributed by atoms with E-state index in [-0.39, 0.29) is 23.3 Å². The average molecular weight is 298 g/mol. The molecule has 0 radical (unpaired) electrons. The number of hydrogen-bond donors (Lipinski definition) is 3. The third kappa shape index (κ3) is 4.35. The van der Waals surface area contributed by atoms with Gasteiger partial charge in [0.25, 0.3) is 0 Å². The minimum atomic E-state index is -1.15. The van der Waals surface area contributed by atoms with Crippen molar-refractivity contribution in [1.29, 1.82) is 0 Å². The van der Waals surface area contributed by atoms with Gasteiger partial charge in [0.2, 0.25) is 0 Å². The molecule has 0 aromatic carbocycles. The number of carbonyl (C=O) groups excluding carboxylic acids is 1. The molecule has 1 aliphatic rings. The molecule has 21 heavy (non-hydrogen) atoms. The lowest BCUT2D eigenvalue weighted by molar-refractivity contribution is -0.151. The van der Waals surface area contributed by atoms with Crippen LogP contribution in [0.2, 0.25) is 0 Å². The Morgan fingerprint density at radius 1 is 1.19 bits per heavy atom. The van der Waals surface area contributed by atoms with E-state index in [0.717, 1.165) is 25.7 Å². The van der Waals surface area contributed by atoms with Gasteiger partial charge in [-0.2, -0.15) is 0 Å². The van der Waals surface area contributed by atoms with Gasteiger partial charge in [-0.3, -0.25) is 0 Å². The van der Waals surface area contributed by atoms with E-state index >= 15 is 0 Å². The van der Waals surface area contributed by atoms with Crippen LogP contribution in [0.5, 0.6) is 0 Å². The standard InChI is InChI=1S/C16H30N2O3/c1-11-7-6-8-12(2)16(11,13(19)20)18-14(21)17-10-9-15(3,4)5/h11-12H,6-10H2,1-5H3,(H,19,20)(H2,17,18,21). The first kappa shape index (κ1) is 17.8. The molecule has 2 amide bonds. The van der Waals surface area contributed by atoms with Gasteiger partial charge in [0.1, 0.15) is 5.54 Å². The maximum atomic E-state index is 12.1. The summed E-state index contributed by atoms with van der Waals surface area (Å²) in [6, 6.07) is -0.373. The van der Waals surface area contributed by atoms with Gasteiger partial charge in [-0.25, -0.2) is 9.59 Å². The Morgan fingerprint density at radius 2 is 1.71 bits per heavy atom. The second-order valence-corrected chi connectivity index (χ2v) is 7.60. The number of hydrogen-bond acceptors (Lipinski definition) is 2. The summed E-state index contributed by atoms with van der Waals surface area (Å²) in [7, 11) is 0. The average Bonchev–Trinajstić information content (AvgIpc) is 2.32. The van der Waals surface area contributed by atoms with Crippen LogP contribution in [0.15, 0.2) is 0 Å². The van der Waals surface area contributed by atoms with E-state index in [2.05, 4.69) is 31.4 Å². The zero-order chi connectivity index (χ0) is 16.3. The van der Waals surface area contributed by atoms with Crippen LogP contribution in [0.3, 0.4) is 0 Å². The number of nitrogens with one attached hydrogen (secondary N) is 2. The number of carboxylic acids is 1. The van der Waals surface area contributed by atoms with E-state index in [1.807, 2.05) is 13.8 Å². The van der Waals surface area contributed by atoms with Gasteiger partial charge < -0.3 is 15.7 Å². The van der Waals surface area contributed by atoms with Gasteiger partial charge in [-0.15, -0.1) is 0 Å². The Kier molecular flexibility index (Phi) is 5.65. The molecule has 0 aliphatic heterocycles. The molecule has 5 heteroatoms. The maximum Gasteiger partial charge on any atom is 0.330 e. The van der Waals surface area contributed by atoms with Gasteiger partial charge in [-0.05, 0) is 36.5 Å². The fraction of sp³-hybridized carbons (Fsp3) is 0.875. The molecule has 0 heterocycles.